The molecule has 13 nitrogen and oxygen atoms in total. The maximum absolute atomic E-state index is 12.7. The second-order valence-electron chi connectivity index (χ2n) is 8.32. The van der Waals surface area contributed by atoms with Gasteiger partial charge in [0.25, 0.3) is 0 Å². The Morgan fingerprint density at radius 1 is 0.452 bits per heavy atom. The van der Waals surface area contributed by atoms with Crippen molar-refractivity contribution in [1.82, 2.24) is 0 Å². The fourth-order valence-corrected chi connectivity index (χ4v) is 4.52. The topological polar surface area (TPSA) is 211 Å². The fourth-order valence-electron chi connectivity index (χ4n) is 3.59. The van der Waals surface area contributed by atoms with E-state index in [1.54, 1.807) is 0 Å². The first-order valence-electron chi connectivity index (χ1n) is 11.6. The summed E-state index contributed by atoms with van der Waals surface area (Å²) in [6, 6.07) is 17.0. The lowest BCUT2D eigenvalue weighted by molar-refractivity contribution is 0.0651. The first kappa shape index (κ1) is 29.1. The van der Waals surface area contributed by atoms with Crippen molar-refractivity contribution in [3.05, 3.63) is 107 Å². The SMILES string of the molecule is O=C(O)c1ccc(Oc2ccc(OS(=O)(=O)c3ccc(Oc4ccc(C(=O)O)c(C(=O)O)c4)cc3)cc2)cc1C(=O)O. The number of carboxylic acid groups (broad SMARTS) is 4. The molecule has 42 heavy (non-hydrogen) atoms. The number of hydrogen-bond acceptors (Lipinski definition) is 9. The Hall–Kier alpha value is -5.89. The molecule has 0 aliphatic rings. The summed E-state index contributed by atoms with van der Waals surface area (Å²) >= 11 is 0. The minimum atomic E-state index is -4.30. The van der Waals surface area contributed by atoms with Crippen molar-refractivity contribution in [1.29, 1.82) is 0 Å². The second kappa shape index (κ2) is 11.7. The van der Waals surface area contributed by atoms with Crippen LogP contribution in [0.3, 0.4) is 0 Å². The van der Waals surface area contributed by atoms with Gasteiger partial charge in [0.05, 0.1) is 22.3 Å². The van der Waals surface area contributed by atoms with E-state index < -0.39 is 56.2 Å². The van der Waals surface area contributed by atoms with Crippen LogP contribution in [0.5, 0.6) is 28.7 Å². The summed E-state index contributed by atoms with van der Waals surface area (Å²) in [6.45, 7) is 0. The largest absolute Gasteiger partial charge is 0.478 e. The van der Waals surface area contributed by atoms with Gasteiger partial charge in [-0.15, -0.1) is 0 Å². The van der Waals surface area contributed by atoms with Crippen molar-refractivity contribution < 1.29 is 61.7 Å². The smallest absolute Gasteiger partial charge is 0.339 e. The zero-order chi connectivity index (χ0) is 30.6. The van der Waals surface area contributed by atoms with Crippen molar-refractivity contribution in [2.75, 3.05) is 0 Å². The highest BCUT2D eigenvalue weighted by molar-refractivity contribution is 7.87. The van der Waals surface area contributed by atoms with E-state index in [1.165, 1.54) is 60.7 Å². The third-order valence-corrected chi connectivity index (χ3v) is 6.78. The summed E-state index contributed by atoms with van der Waals surface area (Å²) in [5.74, 6) is -5.44. The summed E-state index contributed by atoms with van der Waals surface area (Å²) in [5, 5.41) is 36.7. The van der Waals surface area contributed by atoms with Crippen LogP contribution in [-0.4, -0.2) is 52.7 Å². The Bertz CT molecular complexity index is 1810. The third-order valence-electron chi connectivity index (χ3n) is 5.52. The molecule has 0 aliphatic carbocycles. The maximum Gasteiger partial charge on any atom is 0.339 e. The van der Waals surface area contributed by atoms with E-state index in [1.807, 2.05) is 0 Å². The van der Waals surface area contributed by atoms with Gasteiger partial charge in [-0.1, -0.05) is 0 Å². The standard InChI is InChI=1S/C28H18O13S/c29-25(30)21-11-7-18(13-23(21)27(33)34)39-15-1-3-17(4-2-15)41-42(37,38)20-9-5-16(6-10-20)40-19-8-12-22(26(31)32)24(14-19)28(35)36/h1-14H,(H,29,30)(H,31,32)(H,33,34)(H,35,36). The van der Waals surface area contributed by atoms with Gasteiger partial charge in [-0.2, -0.15) is 8.42 Å². The van der Waals surface area contributed by atoms with E-state index in [2.05, 4.69) is 0 Å². The van der Waals surface area contributed by atoms with Gasteiger partial charge in [0.2, 0.25) is 0 Å². The monoisotopic (exact) mass is 594 g/mol. The number of aromatic carboxylic acids is 4. The third kappa shape index (κ3) is 6.63. The molecule has 0 radical (unpaired) electrons. The molecule has 0 atom stereocenters. The minimum Gasteiger partial charge on any atom is -0.478 e. The van der Waals surface area contributed by atoms with E-state index in [0.29, 0.717) is 0 Å². The molecular weight excluding hydrogens is 576 g/mol. The molecule has 4 rings (SSSR count). The Morgan fingerprint density at radius 3 is 1.17 bits per heavy atom. The van der Waals surface area contributed by atoms with Gasteiger partial charge in [-0.3, -0.25) is 0 Å². The van der Waals surface area contributed by atoms with Crippen LogP contribution in [0.2, 0.25) is 0 Å². The zero-order valence-electron chi connectivity index (χ0n) is 21.0. The molecule has 0 spiro atoms. The molecule has 0 heterocycles. The minimum absolute atomic E-state index is 0.0172. The molecule has 214 valence electrons. The summed E-state index contributed by atoms with van der Waals surface area (Å²) < 4.78 is 41.7. The lowest BCUT2D eigenvalue weighted by Crippen LogP contribution is -2.09. The molecule has 0 amide bonds. The van der Waals surface area contributed by atoms with Gasteiger partial charge < -0.3 is 34.1 Å². The maximum atomic E-state index is 12.7. The van der Waals surface area contributed by atoms with Crippen LogP contribution in [0, 0.1) is 0 Å². The first-order valence-corrected chi connectivity index (χ1v) is 13.0. The van der Waals surface area contributed by atoms with Crippen molar-refractivity contribution >= 4 is 34.0 Å². The number of rotatable bonds is 11. The lowest BCUT2D eigenvalue weighted by Gasteiger charge is -2.11. The molecule has 0 saturated carbocycles. The highest BCUT2D eigenvalue weighted by Gasteiger charge is 2.20. The van der Waals surface area contributed by atoms with Crippen molar-refractivity contribution in [3.63, 3.8) is 0 Å². The second-order valence-corrected chi connectivity index (χ2v) is 9.87. The number of carbonyl (C=O) groups is 4. The average Bonchev–Trinajstić information content (AvgIpc) is 2.94. The molecular formula is C28H18O13S. The van der Waals surface area contributed by atoms with E-state index in [4.69, 9.17) is 23.9 Å². The molecule has 0 aliphatic heterocycles. The zero-order valence-corrected chi connectivity index (χ0v) is 21.8. The highest BCUT2D eigenvalue weighted by Crippen LogP contribution is 2.29. The van der Waals surface area contributed by atoms with E-state index >= 15 is 0 Å². The summed E-state index contributed by atoms with van der Waals surface area (Å²) in [7, 11) is -4.30. The molecule has 4 aromatic rings. The van der Waals surface area contributed by atoms with Crippen LogP contribution in [-0.2, 0) is 10.1 Å². The Labute approximate surface area is 236 Å². The average molecular weight is 595 g/mol. The van der Waals surface area contributed by atoms with Gasteiger partial charge in [0.15, 0.2) is 0 Å². The van der Waals surface area contributed by atoms with Crippen LogP contribution in [0.4, 0.5) is 0 Å². The number of hydrogen-bond donors (Lipinski definition) is 4. The predicted molar refractivity (Wildman–Crippen MR) is 142 cm³/mol. The molecule has 0 saturated heterocycles. The Morgan fingerprint density at radius 2 is 0.786 bits per heavy atom. The molecule has 0 unspecified atom stereocenters. The Balaban J connectivity index is 1.44. The van der Waals surface area contributed by atoms with Crippen molar-refractivity contribution in [2.24, 2.45) is 0 Å². The fraction of sp³-hybridized carbons (Fsp3) is 0. The van der Waals surface area contributed by atoms with Gasteiger partial charge >= 0.3 is 34.0 Å². The summed E-state index contributed by atoms with van der Waals surface area (Å²) in [4.78, 5) is 44.9. The first-order chi connectivity index (χ1) is 19.8. The normalized spacial score (nSPS) is 10.9. The van der Waals surface area contributed by atoms with Gasteiger partial charge in [0.1, 0.15) is 33.6 Å². The summed E-state index contributed by atoms with van der Waals surface area (Å²) in [5.41, 5.74) is -1.78. The molecule has 4 N–H and O–H groups in total. The van der Waals surface area contributed by atoms with E-state index in [-0.39, 0.29) is 33.6 Å². The number of carboxylic acids is 4. The molecule has 0 aromatic heterocycles. The quantitative estimate of drug-likeness (QED) is 0.172. The van der Waals surface area contributed by atoms with Crippen LogP contribution >= 0.6 is 0 Å². The van der Waals surface area contributed by atoms with Crippen LogP contribution in [0.1, 0.15) is 41.4 Å². The number of ether oxygens (including phenoxy) is 2. The summed E-state index contributed by atoms with van der Waals surface area (Å²) in [6.07, 6.45) is 0. The van der Waals surface area contributed by atoms with Crippen LogP contribution in [0.25, 0.3) is 0 Å². The van der Waals surface area contributed by atoms with Crippen molar-refractivity contribution in [3.8, 4) is 28.7 Å². The van der Waals surface area contributed by atoms with E-state index in [9.17, 15) is 37.8 Å². The molecule has 0 fully saturated rings. The van der Waals surface area contributed by atoms with Gasteiger partial charge in [-0.25, -0.2) is 19.2 Å². The number of benzene rings is 4. The Kier molecular flexibility index (Phi) is 8.10. The van der Waals surface area contributed by atoms with Crippen LogP contribution < -0.4 is 13.7 Å². The molecule has 4 aromatic carbocycles. The van der Waals surface area contributed by atoms with E-state index in [0.717, 1.165) is 24.3 Å². The van der Waals surface area contributed by atoms with Gasteiger partial charge in [-0.05, 0) is 84.9 Å². The molecule has 0 bridgehead atoms. The lowest BCUT2D eigenvalue weighted by atomic mass is 10.1. The highest BCUT2D eigenvalue weighted by atomic mass is 32.2. The van der Waals surface area contributed by atoms with Gasteiger partial charge in [0, 0.05) is 0 Å². The molecule has 14 heteroatoms. The van der Waals surface area contributed by atoms with Crippen molar-refractivity contribution in [2.45, 2.75) is 4.90 Å². The van der Waals surface area contributed by atoms with Crippen LogP contribution in [0.15, 0.2) is 89.8 Å². The predicted octanol–water partition coefficient (Wildman–Crippen LogP) is 4.83.